The summed E-state index contributed by atoms with van der Waals surface area (Å²) in [6.45, 7) is 1.94. The van der Waals surface area contributed by atoms with E-state index in [0.717, 1.165) is 10.0 Å². The molecule has 5 heteroatoms. The second-order valence-corrected chi connectivity index (χ2v) is 5.44. The molecule has 0 amide bonds. The number of anilines is 1. The molecule has 110 valence electrons. The van der Waals surface area contributed by atoms with Gasteiger partial charge in [-0.1, -0.05) is 46.3 Å². The van der Waals surface area contributed by atoms with Gasteiger partial charge in [-0.15, -0.1) is 0 Å². The summed E-state index contributed by atoms with van der Waals surface area (Å²) in [6, 6.07) is 13.1. The zero-order valence-electron chi connectivity index (χ0n) is 11.6. The minimum Gasteiger partial charge on any atom is -0.465 e. The fraction of sp³-hybridized carbons (Fsp3) is 0.188. The molecule has 2 aromatic carbocycles. The van der Waals surface area contributed by atoms with Crippen LogP contribution in [0.2, 0.25) is 0 Å². The van der Waals surface area contributed by atoms with Gasteiger partial charge < -0.3 is 15.2 Å². The molecule has 0 aliphatic rings. The summed E-state index contributed by atoms with van der Waals surface area (Å²) in [5.41, 5.74) is 7.78. The van der Waals surface area contributed by atoms with Crippen molar-refractivity contribution in [2.24, 2.45) is 0 Å². The Morgan fingerprint density at radius 3 is 2.62 bits per heavy atom. The first kappa shape index (κ1) is 15.5. The molecule has 0 aliphatic heterocycles. The number of Topliss-reactive ketones (excluding diaryl/α,β-unsaturated/α-hetero) is 1. The summed E-state index contributed by atoms with van der Waals surface area (Å²) in [5, 5.41) is 0. The maximum Gasteiger partial charge on any atom is 0.189 e. The third-order valence-electron chi connectivity index (χ3n) is 2.86. The maximum atomic E-state index is 11.6. The quantitative estimate of drug-likeness (QED) is 0.373. The number of nitrogen functional groups attached to an aromatic ring is 1. The first-order valence-electron chi connectivity index (χ1n) is 6.42. The molecular formula is C16H16BrNO3. The van der Waals surface area contributed by atoms with Crippen molar-refractivity contribution in [2.45, 2.75) is 13.5 Å². The molecule has 0 aromatic heterocycles. The van der Waals surface area contributed by atoms with Crippen molar-refractivity contribution in [2.75, 3.05) is 12.5 Å². The number of hydrogen-bond donors (Lipinski definition) is 1. The Balaban J connectivity index is 1.98. The van der Waals surface area contributed by atoms with Crippen molar-refractivity contribution < 1.29 is 14.3 Å². The Labute approximate surface area is 132 Å². The van der Waals surface area contributed by atoms with Crippen LogP contribution in [0.25, 0.3) is 0 Å². The molecule has 0 spiro atoms. The van der Waals surface area contributed by atoms with Gasteiger partial charge >= 0.3 is 0 Å². The Morgan fingerprint density at radius 2 is 1.95 bits per heavy atom. The predicted molar refractivity (Wildman–Crippen MR) is 85.3 cm³/mol. The molecule has 4 nitrogen and oxygen atoms in total. The lowest BCUT2D eigenvalue weighted by Gasteiger charge is -2.13. The van der Waals surface area contributed by atoms with Gasteiger partial charge in [-0.3, -0.25) is 4.79 Å². The van der Waals surface area contributed by atoms with E-state index in [-0.39, 0.29) is 12.6 Å². The minimum absolute atomic E-state index is 0.0288. The summed E-state index contributed by atoms with van der Waals surface area (Å²) in [4.78, 5) is 11.6. The van der Waals surface area contributed by atoms with Crippen LogP contribution in [-0.4, -0.2) is 12.6 Å². The van der Waals surface area contributed by atoms with Crippen LogP contribution in [-0.2, 0) is 11.3 Å². The molecule has 0 saturated heterocycles. The van der Waals surface area contributed by atoms with Gasteiger partial charge in [0.05, 0.1) is 17.9 Å². The first-order valence-corrected chi connectivity index (χ1v) is 7.21. The van der Waals surface area contributed by atoms with Crippen LogP contribution in [0.15, 0.2) is 46.9 Å². The number of nitrogens with two attached hydrogens (primary N) is 1. The molecule has 0 atom stereocenters. The molecule has 21 heavy (non-hydrogen) atoms. The molecule has 0 bridgehead atoms. The van der Waals surface area contributed by atoms with E-state index in [1.54, 1.807) is 12.1 Å². The van der Waals surface area contributed by atoms with Crippen LogP contribution in [0.4, 0.5) is 5.69 Å². The SMILES string of the molecule is CC(=O)c1cc(Br)cc(N)c1OCOCc1ccccc1. The smallest absolute Gasteiger partial charge is 0.189 e. The summed E-state index contributed by atoms with van der Waals surface area (Å²) in [5.74, 6) is 0.250. The molecule has 0 aliphatic carbocycles. The van der Waals surface area contributed by atoms with E-state index in [0.29, 0.717) is 23.6 Å². The number of rotatable bonds is 6. The average molecular weight is 350 g/mol. The van der Waals surface area contributed by atoms with Gasteiger partial charge in [0, 0.05) is 4.47 Å². The molecular weight excluding hydrogens is 334 g/mol. The molecule has 0 unspecified atom stereocenters. The van der Waals surface area contributed by atoms with Gasteiger partial charge in [-0.25, -0.2) is 0 Å². The Kier molecular flexibility index (Phi) is 5.36. The van der Waals surface area contributed by atoms with Gasteiger partial charge in [-0.2, -0.15) is 0 Å². The van der Waals surface area contributed by atoms with Crippen LogP contribution < -0.4 is 10.5 Å². The number of carbonyl (C=O) groups is 1. The van der Waals surface area contributed by atoms with Crippen LogP contribution >= 0.6 is 15.9 Å². The second kappa shape index (κ2) is 7.24. The van der Waals surface area contributed by atoms with Crippen LogP contribution in [0.1, 0.15) is 22.8 Å². The molecule has 0 radical (unpaired) electrons. The van der Waals surface area contributed by atoms with E-state index in [1.165, 1.54) is 6.92 Å². The Morgan fingerprint density at radius 1 is 1.24 bits per heavy atom. The Hall–Kier alpha value is -1.85. The van der Waals surface area contributed by atoms with E-state index >= 15 is 0 Å². The highest BCUT2D eigenvalue weighted by Gasteiger charge is 2.13. The summed E-state index contributed by atoms with van der Waals surface area (Å²) < 4.78 is 11.7. The lowest BCUT2D eigenvalue weighted by atomic mass is 10.1. The van der Waals surface area contributed by atoms with Gasteiger partial charge in [-0.05, 0) is 24.6 Å². The van der Waals surface area contributed by atoms with Crippen molar-refractivity contribution in [3.05, 3.63) is 58.1 Å². The van der Waals surface area contributed by atoms with E-state index in [4.69, 9.17) is 15.2 Å². The molecule has 2 aromatic rings. The number of ketones is 1. The average Bonchev–Trinajstić information content (AvgIpc) is 2.45. The van der Waals surface area contributed by atoms with Gasteiger partial charge in [0.1, 0.15) is 0 Å². The second-order valence-electron chi connectivity index (χ2n) is 4.52. The lowest BCUT2D eigenvalue weighted by Crippen LogP contribution is -2.08. The third kappa shape index (κ3) is 4.31. The van der Waals surface area contributed by atoms with Crippen molar-refractivity contribution in [3.8, 4) is 5.75 Å². The summed E-state index contributed by atoms with van der Waals surface area (Å²) >= 11 is 3.31. The standard InChI is InChI=1S/C16H16BrNO3/c1-11(19)14-7-13(17)8-15(18)16(14)21-10-20-9-12-5-3-2-4-6-12/h2-8H,9-10,18H2,1H3. The van der Waals surface area contributed by atoms with E-state index in [9.17, 15) is 4.79 Å². The Bertz CT molecular complexity index is 629. The third-order valence-corrected chi connectivity index (χ3v) is 3.32. The monoisotopic (exact) mass is 349 g/mol. The maximum absolute atomic E-state index is 11.6. The largest absolute Gasteiger partial charge is 0.465 e. The minimum atomic E-state index is -0.110. The molecule has 2 rings (SSSR count). The topological polar surface area (TPSA) is 61.6 Å². The molecule has 0 fully saturated rings. The molecule has 2 N–H and O–H groups in total. The summed E-state index contributed by atoms with van der Waals surface area (Å²) in [6.07, 6.45) is 0. The van der Waals surface area contributed by atoms with Crippen molar-refractivity contribution in [3.63, 3.8) is 0 Å². The van der Waals surface area contributed by atoms with Crippen molar-refractivity contribution >= 4 is 27.4 Å². The zero-order chi connectivity index (χ0) is 15.2. The normalized spacial score (nSPS) is 10.4. The van der Waals surface area contributed by atoms with Crippen LogP contribution in [0.5, 0.6) is 5.75 Å². The number of hydrogen-bond acceptors (Lipinski definition) is 4. The lowest BCUT2D eigenvalue weighted by molar-refractivity contribution is 0.00510. The fourth-order valence-electron chi connectivity index (χ4n) is 1.87. The highest BCUT2D eigenvalue weighted by molar-refractivity contribution is 9.10. The molecule has 0 saturated carbocycles. The van der Waals surface area contributed by atoms with Crippen molar-refractivity contribution in [1.82, 2.24) is 0 Å². The van der Waals surface area contributed by atoms with E-state index < -0.39 is 0 Å². The van der Waals surface area contributed by atoms with Gasteiger partial charge in [0.25, 0.3) is 0 Å². The van der Waals surface area contributed by atoms with E-state index in [1.807, 2.05) is 30.3 Å². The summed E-state index contributed by atoms with van der Waals surface area (Å²) in [7, 11) is 0. The van der Waals surface area contributed by atoms with Crippen molar-refractivity contribution in [1.29, 1.82) is 0 Å². The molecule has 0 heterocycles. The predicted octanol–water partition coefficient (Wildman–Crippen LogP) is 3.79. The highest BCUT2D eigenvalue weighted by Crippen LogP contribution is 2.31. The van der Waals surface area contributed by atoms with E-state index in [2.05, 4.69) is 15.9 Å². The van der Waals surface area contributed by atoms with Crippen LogP contribution in [0, 0.1) is 0 Å². The zero-order valence-corrected chi connectivity index (χ0v) is 13.2. The van der Waals surface area contributed by atoms with Crippen LogP contribution in [0.3, 0.4) is 0 Å². The number of ether oxygens (including phenoxy) is 2. The highest BCUT2D eigenvalue weighted by atomic mass is 79.9. The number of halogens is 1. The number of benzene rings is 2. The fourth-order valence-corrected chi connectivity index (χ4v) is 2.35. The first-order chi connectivity index (χ1) is 10.1. The number of carbonyl (C=O) groups excluding carboxylic acids is 1. The van der Waals surface area contributed by atoms with Gasteiger partial charge in [0.15, 0.2) is 18.3 Å². The van der Waals surface area contributed by atoms with Gasteiger partial charge in [0.2, 0.25) is 0 Å².